The van der Waals surface area contributed by atoms with Crippen LogP contribution in [0, 0.1) is 11.6 Å². The molecule has 0 amide bonds. The van der Waals surface area contributed by atoms with Crippen LogP contribution in [-0.2, 0) is 11.3 Å². The summed E-state index contributed by atoms with van der Waals surface area (Å²) in [5.74, 6) is -1.06. The van der Waals surface area contributed by atoms with E-state index in [1.165, 1.54) is 12.1 Å². The molecule has 0 radical (unpaired) electrons. The van der Waals surface area contributed by atoms with E-state index in [-0.39, 0.29) is 6.10 Å². The number of hydrogen-bond donors (Lipinski definition) is 1. The van der Waals surface area contributed by atoms with Crippen molar-refractivity contribution in [2.24, 2.45) is 0 Å². The lowest BCUT2D eigenvalue weighted by Gasteiger charge is -2.30. The van der Waals surface area contributed by atoms with Gasteiger partial charge in [-0.1, -0.05) is 6.07 Å². The van der Waals surface area contributed by atoms with Crippen LogP contribution in [-0.4, -0.2) is 44.3 Å². The molecule has 100 valence electrons. The monoisotopic (exact) mass is 256 g/mol. The first kappa shape index (κ1) is 13.4. The van der Waals surface area contributed by atoms with Gasteiger partial charge in [-0.05, 0) is 13.1 Å². The molecule has 2 rings (SSSR count). The van der Waals surface area contributed by atoms with E-state index < -0.39 is 11.6 Å². The third-order valence-corrected chi connectivity index (χ3v) is 3.04. The van der Waals surface area contributed by atoms with Gasteiger partial charge < -0.3 is 15.0 Å². The molecular formula is C13H18F2N2O. The predicted molar refractivity (Wildman–Crippen MR) is 65.3 cm³/mol. The number of ether oxygens (including phenoxy) is 1. The number of hydrogen-bond acceptors (Lipinski definition) is 3. The predicted octanol–water partition coefficient (Wildman–Crippen LogP) is 1.38. The highest BCUT2D eigenvalue weighted by atomic mass is 19.1. The van der Waals surface area contributed by atoms with Crippen molar-refractivity contribution in [3.63, 3.8) is 0 Å². The van der Waals surface area contributed by atoms with Gasteiger partial charge in [-0.2, -0.15) is 0 Å². The van der Waals surface area contributed by atoms with Gasteiger partial charge in [-0.25, -0.2) is 8.78 Å². The van der Waals surface area contributed by atoms with Gasteiger partial charge >= 0.3 is 0 Å². The van der Waals surface area contributed by atoms with Crippen molar-refractivity contribution >= 4 is 0 Å². The Morgan fingerprint density at radius 3 is 3.00 bits per heavy atom. The minimum absolute atomic E-state index is 0.132. The van der Waals surface area contributed by atoms with Gasteiger partial charge in [0.25, 0.3) is 0 Å². The van der Waals surface area contributed by atoms with E-state index in [1.807, 2.05) is 0 Å². The van der Waals surface area contributed by atoms with Crippen molar-refractivity contribution in [2.75, 3.05) is 33.3 Å². The highest BCUT2D eigenvalue weighted by Gasteiger charge is 2.17. The standard InChI is InChI=1S/C13H18F2N2O/c1-17-4-5-18-12(9-17)8-16-7-10-2-3-11(14)6-13(10)15/h2-3,6,12,16H,4-5,7-9H2,1H3/t12-/m1/s1. The summed E-state index contributed by atoms with van der Waals surface area (Å²) in [6, 6.07) is 3.64. The van der Waals surface area contributed by atoms with Gasteiger partial charge in [0.1, 0.15) is 11.6 Å². The molecule has 1 aliphatic rings. The molecule has 18 heavy (non-hydrogen) atoms. The third-order valence-electron chi connectivity index (χ3n) is 3.04. The van der Waals surface area contributed by atoms with Crippen LogP contribution in [0.3, 0.4) is 0 Å². The minimum Gasteiger partial charge on any atom is -0.374 e. The molecule has 1 fully saturated rings. The second-order valence-corrected chi connectivity index (χ2v) is 4.62. The quantitative estimate of drug-likeness (QED) is 0.881. The smallest absolute Gasteiger partial charge is 0.130 e. The number of nitrogens with zero attached hydrogens (tertiary/aromatic N) is 1. The van der Waals surface area contributed by atoms with Gasteiger partial charge in [0.05, 0.1) is 12.7 Å². The van der Waals surface area contributed by atoms with Gasteiger partial charge in [-0.15, -0.1) is 0 Å². The Hall–Kier alpha value is -1.04. The van der Waals surface area contributed by atoms with Crippen molar-refractivity contribution in [3.8, 4) is 0 Å². The van der Waals surface area contributed by atoms with E-state index in [4.69, 9.17) is 4.74 Å². The average Bonchev–Trinajstić information content (AvgIpc) is 2.32. The Bertz CT molecular complexity index is 401. The molecule has 3 nitrogen and oxygen atoms in total. The Morgan fingerprint density at radius 1 is 1.44 bits per heavy atom. The van der Waals surface area contributed by atoms with Crippen LogP contribution in [0.2, 0.25) is 0 Å². The first-order chi connectivity index (χ1) is 8.65. The summed E-state index contributed by atoms with van der Waals surface area (Å²) in [5.41, 5.74) is 0.473. The van der Waals surface area contributed by atoms with E-state index in [0.717, 1.165) is 25.8 Å². The van der Waals surface area contributed by atoms with E-state index >= 15 is 0 Å². The molecule has 0 bridgehead atoms. The summed E-state index contributed by atoms with van der Waals surface area (Å²) in [7, 11) is 2.05. The zero-order valence-corrected chi connectivity index (χ0v) is 10.5. The third kappa shape index (κ3) is 3.73. The van der Waals surface area contributed by atoms with Crippen LogP contribution in [0.5, 0.6) is 0 Å². The van der Waals surface area contributed by atoms with Crippen LogP contribution < -0.4 is 5.32 Å². The van der Waals surface area contributed by atoms with Gasteiger partial charge in [0, 0.05) is 37.8 Å². The molecule has 1 aromatic carbocycles. The molecule has 5 heteroatoms. The summed E-state index contributed by atoms with van der Waals surface area (Å²) in [5, 5.41) is 3.14. The van der Waals surface area contributed by atoms with E-state index in [0.29, 0.717) is 18.7 Å². The van der Waals surface area contributed by atoms with Crippen LogP contribution in [0.25, 0.3) is 0 Å². The Balaban J connectivity index is 1.77. The molecule has 1 aliphatic heterocycles. The van der Waals surface area contributed by atoms with Crippen molar-refractivity contribution < 1.29 is 13.5 Å². The summed E-state index contributed by atoms with van der Waals surface area (Å²) in [6.45, 7) is 3.60. The maximum atomic E-state index is 13.4. The largest absolute Gasteiger partial charge is 0.374 e. The number of rotatable bonds is 4. The molecule has 0 saturated carbocycles. The molecule has 0 spiro atoms. The second-order valence-electron chi connectivity index (χ2n) is 4.62. The summed E-state index contributed by atoms with van der Waals surface area (Å²) in [4.78, 5) is 2.20. The topological polar surface area (TPSA) is 24.5 Å². The molecule has 1 saturated heterocycles. The highest BCUT2D eigenvalue weighted by Crippen LogP contribution is 2.09. The Kier molecular flexibility index (Phi) is 4.63. The van der Waals surface area contributed by atoms with E-state index in [2.05, 4.69) is 17.3 Å². The van der Waals surface area contributed by atoms with Crippen molar-refractivity contribution in [1.29, 1.82) is 0 Å². The molecule has 0 aliphatic carbocycles. The zero-order chi connectivity index (χ0) is 13.0. The fourth-order valence-corrected chi connectivity index (χ4v) is 2.02. The van der Waals surface area contributed by atoms with E-state index in [9.17, 15) is 8.78 Å². The molecule has 1 aromatic rings. The van der Waals surface area contributed by atoms with Crippen molar-refractivity contribution in [1.82, 2.24) is 10.2 Å². The van der Waals surface area contributed by atoms with Gasteiger partial charge in [-0.3, -0.25) is 0 Å². The SMILES string of the molecule is CN1CCO[C@H](CNCc2ccc(F)cc2F)C1. The maximum Gasteiger partial charge on any atom is 0.130 e. The number of nitrogens with one attached hydrogen (secondary N) is 1. The number of benzene rings is 1. The fraction of sp³-hybridized carbons (Fsp3) is 0.538. The highest BCUT2D eigenvalue weighted by molar-refractivity contribution is 5.18. The molecule has 1 N–H and O–H groups in total. The normalized spacial score (nSPS) is 21.2. The average molecular weight is 256 g/mol. The first-order valence-electron chi connectivity index (χ1n) is 6.10. The summed E-state index contributed by atoms with van der Waals surface area (Å²) >= 11 is 0. The Morgan fingerprint density at radius 2 is 2.28 bits per heavy atom. The molecule has 1 atom stereocenters. The Labute approximate surface area is 106 Å². The van der Waals surface area contributed by atoms with Gasteiger partial charge in [0.2, 0.25) is 0 Å². The van der Waals surface area contributed by atoms with Crippen LogP contribution >= 0.6 is 0 Å². The number of morpholine rings is 1. The van der Waals surface area contributed by atoms with Crippen LogP contribution in [0.15, 0.2) is 18.2 Å². The molecular weight excluding hydrogens is 238 g/mol. The number of likely N-dealkylation sites (N-methyl/N-ethyl adjacent to an activating group) is 1. The lowest BCUT2D eigenvalue weighted by atomic mass is 10.2. The summed E-state index contributed by atoms with van der Waals surface area (Å²) in [6.07, 6.45) is 0.132. The van der Waals surface area contributed by atoms with Crippen molar-refractivity contribution in [2.45, 2.75) is 12.6 Å². The molecule has 1 heterocycles. The minimum atomic E-state index is -0.548. The van der Waals surface area contributed by atoms with E-state index in [1.54, 1.807) is 0 Å². The fourth-order valence-electron chi connectivity index (χ4n) is 2.02. The van der Waals surface area contributed by atoms with Crippen LogP contribution in [0.4, 0.5) is 8.78 Å². The lowest BCUT2D eigenvalue weighted by molar-refractivity contribution is -0.0182. The van der Waals surface area contributed by atoms with Crippen molar-refractivity contribution in [3.05, 3.63) is 35.4 Å². The van der Waals surface area contributed by atoms with Crippen LogP contribution in [0.1, 0.15) is 5.56 Å². The lowest BCUT2D eigenvalue weighted by Crippen LogP contribution is -2.44. The second kappa shape index (κ2) is 6.22. The first-order valence-corrected chi connectivity index (χ1v) is 6.10. The molecule has 0 aromatic heterocycles. The summed E-state index contributed by atoms with van der Waals surface area (Å²) < 4.78 is 31.7. The molecule has 0 unspecified atom stereocenters. The number of halogens is 2. The zero-order valence-electron chi connectivity index (χ0n) is 10.5. The van der Waals surface area contributed by atoms with Gasteiger partial charge in [0.15, 0.2) is 0 Å². The maximum absolute atomic E-state index is 13.4.